The van der Waals surface area contributed by atoms with Gasteiger partial charge in [-0.1, -0.05) is 23.8 Å². The fourth-order valence-electron chi connectivity index (χ4n) is 4.61. The predicted octanol–water partition coefficient (Wildman–Crippen LogP) is 4.41. The Hall–Kier alpha value is -2.47. The van der Waals surface area contributed by atoms with Crippen molar-refractivity contribution in [3.05, 3.63) is 65.2 Å². The van der Waals surface area contributed by atoms with E-state index >= 15 is 0 Å². The van der Waals surface area contributed by atoms with Crippen LogP contribution in [-0.2, 0) is 11.3 Å². The molecule has 2 fully saturated rings. The first-order chi connectivity index (χ1) is 14.9. The van der Waals surface area contributed by atoms with Crippen molar-refractivity contribution in [2.75, 3.05) is 33.3 Å². The van der Waals surface area contributed by atoms with Crippen LogP contribution in [0.15, 0.2) is 42.5 Å². The lowest BCUT2D eigenvalue weighted by Gasteiger charge is -2.33. The van der Waals surface area contributed by atoms with Gasteiger partial charge in [-0.15, -0.1) is 0 Å². The number of benzene rings is 2. The molecule has 1 atom stereocenters. The van der Waals surface area contributed by atoms with E-state index < -0.39 is 11.6 Å². The summed E-state index contributed by atoms with van der Waals surface area (Å²) in [7, 11) is 1.85. The monoisotopic (exact) mass is 428 g/mol. The number of piperidine rings is 1. The summed E-state index contributed by atoms with van der Waals surface area (Å²) in [5.41, 5.74) is 1.81. The van der Waals surface area contributed by atoms with Crippen LogP contribution in [0.3, 0.4) is 0 Å². The minimum Gasteiger partial charge on any atom is -0.492 e. The number of carbonyl (C=O) groups is 1. The Kier molecular flexibility index (Phi) is 6.28. The van der Waals surface area contributed by atoms with Crippen molar-refractivity contribution in [3.8, 4) is 5.75 Å². The first kappa shape index (κ1) is 21.8. The molecule has 1 spiro atoms. The third kappa shape index (κ3) is 5.06. The van der Waals surface area contributed by atoms with E-state index in [9.17, 15) is 13.6 Å². The van der Waals surface area contributed by atoms with E-state index in [4.69, 9.17) is 4.74 Å². The van der Waals surface area contributed by atoms with Gasteiger partial charge in [0.2, 0.25) is 5.91 Å². The topological polar surface area (TPSA) is 32.8 Å². The smallest absolute Gasteiger partial charge is 0.226 e. The van der Waals surface area contributed by atoms with Crippen LogP contribution in [0.5, 0.6) is 5.75 Å². The molecular weight excluding hydrogens is 398 g/mol. The number of likely N-dealkylation sites (tertiary alicyclic amines) is 1. The van der Waals surface area contributed by atoms with Crippen LogP contribution in [0.4, 0.5) is 8.78 Å². The molecule has 31 heavy (non-hydrogen) atoms. The molecule has 2 aromatic rings. The highest BCUT2D eigenvalue weighted by atomic mass is 19.1. The Morgan fingerprint density at radius 3 is 2.55 bits per heavy atom. The molecule has 4 nitrogen and oxygen atoms in total. The minimum atomic E-state index is -0.549. The molecule has 1 heterocycles. The second kappa shape index (κ2) is 8.95. The number of hydrogen-bond donors (Lipinski definition) is 0. The molecule has 6 heteroatoms. The Balaban J connectivity index is 1.21. The molecule has 1 saturated heterocycles. The lowest BCUT2D eigenvalue weighted by molar-refractivity contribution is -0.132. The van der Waals surface area contributed by atoms with Crippen molar-refractivity contribution in [1.29, 1.82) is 0 Å². The number of halogens is 2. The molecule has 0 unspecified atom stereocenters. The summed E-state index contributed by atoms with van der Waals surface area (Å²) >= 11 is 0. The van der Waals surface area contributed by atoms with Gasteiger partial charge in [0.15, 0.2) is 0 Å². The molecule has 1 amide bonds. The van der Waals surface area contributed by atoms with Gasteiger partial charge in [0.25, 0.3) is 0 Å². The molecule has 0 N–H and O–H groups in total. The summed E-state index contributed by atoms with van der Waals surface area (Å²) in [5.74, 6) is 0.0623. The number of nitrogens with zero attached hydrogens (tertiary/aromatic N) is 2. The number of rotatable bonds is 7. The first-order valence-electron chi connectivity index (χ1n) is 11.0. The minimum absolute atomic E-state index is 0.0848. The third-order valence-electron chi connectivity index (χ3n) is 6.84. The maximum Gasteiger partial charge on any atom is 0.226 e. The van der Waals surface area contributed by atoms with Crippen LogP contribution in [0.1, 0.15) is 30.4 Å². The van der Waals surface area contributed by atoms with Gasteiger partial charge >= 0.3 is 0 Å². The molecule has 0 aromatic heterocycles. The number of aryl methyl sites for hydroxylation is 1. The lowest BCUT2D eigenvalue weighted by Crippen LogP contribution is -2.38. The Morgan fingerprint density at radius 1 is 1.16 bits per heavy atom. The Morgan fingerprint density at radius 2 is 1.87 bits per heavy atom. The second-order valence-corrected chi connectivity index (χ2v) is 9.05. The summed E-state index contributed by atoms with van der Waals surface area (Å²) in [5, 5.41) is 0. The van der Waals surface area contributed by atoms with Crippen LogP contribution in [0.2, 0.25) is 0 Å². The SMILES string of the molecule is Cc1ccc(OCCN(C)C(=O)[C@H]2CC23CCN(Cc2ccc(F)cc2F)CC3)cc1. The second-order valence-electron chi connectivity index (χ2n) is 9.05. The van der Waals surface area contributed by atoms with Gasteiger partial charge in [0.05, 0.1) is 6.54 Å². The number of carbonyl (C=O) groups excluding carboxylic acids is 1. The van der Waals surface area contributed by atoms with E-state index in [-0.39, 0.29) is 17.2 Å². The largest absolute Gasteiger partial charge is 0.492 e. The van der Waals surface area contributed by atoms with Crippen LogP contribution < -0.4 is 4.74 Å². The highest BCUT2D eigenvalue weighted by Crippen LogP contribution is 2.60. The van der Waals surface area contributed by atoms with Crippen molar-refractivity contribution < 1.29 is 18.3 Å². The standard InChI is InChI=1S/C25H30F2N2O2/c1-18-3-7-21(8-4-18)31-14-13-28(2)24(30)22-16-25(22)9-11-29(12-10-25)17-19-5-6-20(26)15-23(19)27/h3-8,15,22H,9-14,16-17H2,1-2H3/t22-/m1/s1. The van der Waals surface area contributed by atoms with Gasteiger partial charge in [0.1, 0.15) is 24.0 Å². The van der Waals surface area contributed by atoms with Crippen molar-refractivity contribution in [3.63, 3.8) is 0 Å². The molecular formula is C25H30F2N2O2. The van der Waals surface area contributed by atoms with E-state index in [1.165, 1.54) is 17.7 Å². The molecule has 1 aliphatic heterocycles. The zero-order chi connectivity index (χ0) is 22.0. The molecule has 1 aliphatic carbocycles. The number of hydrogen-bond acceptors (Lipinski definition) is 3. The summed E-state index contributed by atoms with van der Waals surface area (Å²) in [4.78, 5) is 16.9. The van der Waals surface area contributed by atoms with E-state index in [0.29, 0.717) is 25.3 Å². The lowest BCUT2D eigenvalue weighted by atomic mass is 9.90. The first-order valence-corrected chi connectivity index (χ1v) is 11.0. The number of amides is 1. The molecule has 0 bridgehead atoms. The highest BCUT2D eigenvalue weighted by Gasteiger charge is 2.58. The van der Waals surface area contributed by atoms with Crippen molar-refractivity contribution in [1.82, 2.24) is 9.80 Å². The maximum absolute atomic E-state index is 13.9. The zero-order valence-corrected chi connectivity index (χ0v) is 18.2. The van der Waals surface area contributed by atoms with Crippen LogP contribution in [0.25, 0.3) is 0 Å². The average Bonchev–Trinajstić information content (AvgIpc) is 3.45. The van der Waals surface area contributed by atoms with Crippen molar-refractivity contribution >= 4 is 5.91 Å². The normalized spacial score (nSPS) is 19.9. The maximum atomic E-state index is 13.9. The summed E-state index contributed by atoms with van der Waals surface area (Å²) in [6.07, 6.45) is 2.83. The molecule has 166 valence electrons. The van der Waals surface area contributed by atoms with Gasteiger partial charge in [-0.3, -0.25) is 9.69 Å². The van der Waals surface area contributed by atoms with E-state index in [1.54, 1.807) is 4.90 Å². The van der Waals surface area contributed by atoms with Gasteiger partial charge in [-0.05, 0) is 62.9 Å². The van der Waals surface area contributed by atoms with Gasteiger partial charge in [-0.25, -0.2) is 8.78 Å². The molecule has 0 radical (unpaired) electrons. The van der Waals surface area contributed by atoms with Gasteiger partial charge < -0.3 is 9.64 Å². The van der Waals surface area contributed by atoms with Crippen molar-refractivity contribution in [2.45, 2.75) is 32.7 Å². The molecule has 2 aromatic carbocycles. The van der Waals surface area contributed by atoms with Crippen molar-refractivity contribution in [2.24, 2.45) is 11.3 Å². The van der Waals surface area contributed by atoms with Gasteiger partial charge in [-0.2, -0.15) is 0 Å². The highest BCUT2D eigenvalue weighted by molar-refractivity contribution is 5.82. The number of ether oxygens (including phenoxy) is 1. The fourth-order valence-corrected chi connectivity index (χ4v) is 4.61. The quantitative estimate of drug-likeness (QED) is 0.655. The zero-order valence-electron chi connectivity index (χ0n) is 18.2. The predicted molar refractivity (Wildman–Crippen MR) is 116 cm³/mol. The number of likely N-dealkylation sites (N-methyl/N-ethyl adjacent to an activating group) is 1. The molecule has 2 aliphatic rings. The van der Waals surface area contributed by atoms with E-state index in [2.05, 4.69) is 4.90 Å². The molecule has 4 rings (SSSR count). The fraction of sp³-hybridized carbons (Fsp3) is 0.480. The Bertz CT molecular complexity index is 924. The van der Waals surface area contributed by atoms with Gasteiger partial charge in [0, 0.05) is 31.1 Å². The Labute approximate surface area is 182 Å². The van der Waals surface area contributed by atoms with E-state index in [1.807, 2.05) is 38.2 Å². The summed E-state index contributed by atoms with van der Waals surface area (Å²) in [6, 6.07) is 11.7. The van der Waals surface area contributed by atoms with E-state index in [0.717, 1.165) is 44.2 Å². The van der Waals surface area contributed by atoms with Crippen LogP contribution >= 0.6 is 0 Å². The summed E-state index contributed by atoms with van der Waals surface area (Å²) in [6.45, 7) is 5.23. The third-order valence-corrected chi connectivity index (χ3v) is 6.84. The molecule has 1 saturated carbocycles. The van der Waals surface area contributed by atoms with Crippen LogP contribution in [-0.4, -0.2) is 49.0 Å². The van der Waals surface area contributed by atoms with Crippen LogP contribution in [0, 0.1) is 29.9 Å². The summed E-state index contributed by atoms with van der Waals surface area (Å²) < 4.78 is 32.8. The average molecular weight is 429 g/mol.